The van der Waals surface area contributed by atoms with Crippen molar-refractivity contribution >= 4 is 17.3 Å². The van der Waals surface area contributed by atoms with Gasteiger partial charge in [0.25, 0.3) is 0 Å². The number of aryl methyl sites for hydroxylation is 1. The van der Waals surface area contributed by atoms with Gasteiger partial charge in [0.05, 0.1) is 23.5 Å². The summed E-state index contributed by atoms with van der Waals surface area (Å²) in [5, 5.41) is 4.69. The van der Waals surface area contributed by atoms with Crippen LogP contribution in [0.15, 0.2) is 30.6 Å². The third kappa shape index (κ3) is 3.14. The van der Waals surface area contributed by atoms with Crippen molar-refractivity contribution < 1.29 is 4.74 Å². The van der Waals surface area contributed by atoms with Gasteiger partial charge in [-0.25, -0.2) is 0 Å². The summed E-state index contributed by atoms with van der Waals surface area (Å²) < 4.78 is 7.30. The fourth-order valence-corrected chi connectivity index (χ4v) is 1.76. The van der Waals surface area contributed by atoms with Gasteiger partial charge in [-0.2, -0.15) is 5.10 Å². The summed E-state index contributed by atoms with van der Waals surface area (Å²) in [6.07, 6.45) is 3.37. The summed E-state index contributed by atoms with van der Waals surface area (Å²) in [4.78, 5) is 0. The maximum atomic E-state index is 6.05. The van der Waals surface area contributed by atoms with Gasteiger partial charge in [0.15, 0.2) is 0 Å². The molecule has 1 aromatic carbocycles. The monoisotopic (exact) mass is 251 g/mol. The second kappa shape index (κ2) is 5.10. The lowest BCUT2D eigenvalue weighted by Gasteiger charge is -2.08. The lowest BCUT2D eigenvalue weighted by molar-refractivity contribution is 0.291. The quantitative estimate of drug-likeness (QED) is 0.908. The number of nitrogens with two attached hydrogens (primary N) is 1. The van der Waals surface area contributed by atoms with Crippen molar-refractivity contribution in [2.24, 2.45) is 0 Å². The molecule has 0 radical (unpaired) electrons. The minimum Gasteiger partial charge on any atom is -0.490 e. The number of anilines is 1. The van der Waals surface area contributed by atoms with Gasteiger partial charge in [0, 0.05) is 6.20 Å². The van der Waals surface area contributed by atoms with E-state index in [1.165, 1.54) is 0 Å². The summed E-state index contributed by atoms with van der Waals surface area (Å²) in [5.74, 6) is 0.692. The molecule has 0 amide bonds. The molecular weight excluding hydrogens is 238 g/mol. The average molecular weight is 252 g/mol. The van der Waals surface area contributed by atoms with Crippen molar-refractivity contribution in [1.29, 1.82) is 0 Å². The fraction of sp³-hybridized carbons (Fsp3) is 0.250. The van der Waals surface area contributed by atoms with Crippen LogP contribution >= 0.6 is 11.6 Å². The van der Waals surface area contributed by atoms with Crippen LogP contribution in [0.5, 0.6) is 5.75 Å². The Balaban J connectivity index is 1.90. The Labute approximate surface area is 105 Å². The van der Waals surface area contributed by atoms with E-state index in [0.29, 0.717) is 29.6 Å². The van der Waals surface area contributed by atoms with Crippen LogP contribution in [0.1, 0.15) is 5.56 Å². The van der Waals surface area contributed by atoms with Crippen molar-refractivity contribution in [2.45, 2.75) is 13.5 Å². The second-order valence-electron chi connectivity index (χ2n) is 3.82. The maximum Gasteiger partial charge on any atom is 0.137 e. The number of ether oxygens (including phenoxy) is 1. The van der Waals surface area contributed by atoms with E-state index in [1.807, 2.05) is 25.1 Å². The van der Waals surface area contributed by atoms with Crippen molar-refractivity contribution in [3.8, 4) is 5.75 Å². The number of nitrogen functional groups attached to an aromatic ring is 1. The zero-order chi connectivity index (χ0) is 12.3. The molecular formula is C12H14ClN3O. The molecule has 4 nitrogen and oxygen atoms in total. The number of rotatable bonds is 4. The van der Waals surface area contributed by atoms with Crippen molar-refractivity contribution in [2.75, 3.05) is 12.3 Å². The zero-order valence-corrected chi connectivity index (χ0v) is 10.3. The first-order chi connectivity index (χ1) is 8.15. The Morgan fingerprint density at radius 1 is 1.47 bits per heavy atom. The average Bonchev–Trinajstić information content (AvgIpc) is 2.68. The molecule has 0 saturated heterocycles. The van der Waals surface area contributed by atoms with Crippen molar-refractivity contribution in [3.05, 3.63) is 41.2 Å². The summed E-state index contributed by atoms with van der Waals surface area (Å²) in [5.41, 5.74) is 7.32. The molecule has 0 aliphatic heterocycles. The predicted octanol–water partition coefficient (Wildman–Crippen LogP) is 2.51. The van der Waals surface area contributed by atoms with E-state index in [2.05, 4.69) is 5.10 Å². The summed E-state index contributed by atoms with van der Waals surface area (Å²) in [6, 6.07) is 5.71. The summed E-state index contributed by atoms with van der Waals surface area (Å²) in [6.45, 7) is 3.13. The SMILES string of the molecule is Cc1ccc(OCCn2cc(N)cn2)c(Cl)c1. The molecule has 0 atom stereocenters. The van der Waals surface area contributed by atoms with Gasteiger partial charge >= 0.3 is 0 Å². The lowest BCUT2D eigenvalue weighted by atomic mass is 10.2. The summed E-state index contributed by atoms with van der Waals surface area (Å²) in [7, 11) is 0. The molecule has 0 saturated carbocycles. The maximum absolute atomic E-state index is 6.05. The Kier molecular flexibility index (Phi) is 3.54. The summed E-state index contributed by atoms with van der Waals surface area (Å²) >= 11 is 6.05. The highest BCUT2D eigenvalue weighted by molar-refractivity contribution is 6.32. The van der Waals surface area contributed by atoms with Gasteiger partial charge in [-0.3, -0.25) is 4.68 Å². The molecule has 2 aromatic rings. The Morgan fingerprint density at radius 2 is 2.29 bits per heavy atom. The van der Waals surface area contributed by atoms with E-state index < -0.39 is 0 Å². The lowest BCUT2D eigenvalue weighted by Crippen LogP contribution is -2.08. The van der Waals surface area contributed by atoms with Gasteiger partial charge in [-0.1, -0.05) is 17.7 Å². The highest BCUT2D eigenvalue weighted by Crippen LogP contribution is 2.24. The number of aromatic nitrogens is 2. The van der Waals surface area contributed by atoms with Crippen LogP contribution in [0.25, 0.3) is 0 Å². The van der Waals surface area contributed by atoms with Crippen molar-refractivity contribution in [1.82, 2.24) is 9.78 Å². The van der Waals surface area contributed by atoms with Crippen molar-refractivity contribution in [3.63, 3.8) is 0 Å². The topological polar surface area (TPSA) is 53.1 Å². The first-order valence-electron chi connectivity index (χ1n) is 5.32. The van der Waals surface area contributed by atoms with E-state index in [0.717, 1.165) is 5.56 Å². The van der Waals surface area contributed by atoms with Crippen LogP contribution in [0.4, 0.5) is 5.69 Å². The Hall–Kier alpha value is -1.68. The Bertz CT molecular complexity index is 510. The molecule has 2 N–H and O–H groups in total. The first-order valence-corrected chi connectivity index (χ1v) is 5.70. The predicted molar refractivity (Wildman–Crippen MR) is 68.3 cm³/mol. The molecule has 0 aliphatic rings. The molecule has 0 bridgehead atoms. The third-order valence-corrected chi connectivity index (χ3v) is 2.61. The Morgan fingerprint density at radius 3 is 2.94 bits per heavy atom. The van der Waals surface area contributed by atoms with Gasteiger partial charge < -0.3 is 10.5 Å². The standard InChI is InChI=1S/C12H14ClN3O/c1-9-2-3-12(11(13)6-9)17-5-4-16-8-10(14)7-15-16/h2-3,6-8H,4-5,14H2,1H3. The molecule has 0 aliphatic carbocycles. The first kappa shape index (κ1) is 11.8. The van der Waals surface area contributed by atoms with E-state index >= 15 is 0 Å². The van der Waals surface area contributed by atoms with Crippen LogP contribution in [0.2, 0.25) is 5.02 Å². The molecule has 1 heterocycles. The van der Waals surface area contributed by atoms with Crippen LogP contribution in [-0.4, -0.2) is 16.4 Å². The molecule has 2 rings (SSSR count). The van der Waals surface area contributed by atoms with Gasteiger partial charge in [-0.15, -0.1) is 0 Å². The largest absolute Gasteiger partial charge is 0.490 e. The number of hydrogen-bond donors (Lipinski definition) is 1. The van der Waals surface area contributed by atoms with E-state index in [1.54, 1.807) is 17.1 Å². The normalized spacial score (nSPS) is 10.5. The zero-order valence-electron chi connectivity index (χ0n) is 9.56. The molecule has 1 aromatic heterocycles. The third-order valence-electron chi connectivity index (χ3n) is 2.32. The minimum absolute atomic E-state index is 0.504. The minimum atomic E-state index is 0.504. The van der Waals surface area contributed by atoms with Crippen LogP contribution in [0.3, 0.4) is 0 Å². The van der Waals surface area contributed by atoms with Gasteiger partial charge in [0.1, 0.15) is 12.4 Å². The molecule has 90 valence electrons. The molecule has 0 unspecified atom stereocenters. The molecule has 5 heteroatoms. The fourth-order valence-electron chi connectivity index (χ4n) is 1.47. The number of hydrogen-bond acceptors (Lipinski definition) is 3. The second-order valence-corrected chi connectivity index (χ2v) is 4.23. The number of halogens is 1. The van der Waals surface area contributed by atoms with Gasteiger partial charge in [-0.05, 0) is 24.6 Å². The van der Waals surface area contributed by atoms with E-state index in [4.69, 9.17) is 22.1 Å². The number of nitrogens with zero attached hydrogens (tertiary/aromatic N) is 2. The highest BCUT2D eigenvalue weighted by atomic mass is 35.5. The van der Waals surface area contributed by atoms with Gasteiger partial charge in [0.2, 0.25) is 0 Å². The van der Waals surface area contributed by atoms with E-state index in [-0.39, 0.29) is 0 Å². The molecule has 0 fully saturated rings. The van der Waals surface area contributed by atoms with Crippen LogP contribution < -0.4 is 10.5 Å². The van der Waals surface area contributed by atoms with Crippen LogP contribution in [-0.2, 0) is 6.54 Å². The molecule has 0 spiro atoms. The highest BCUT2D eigenvalue weighted by Gasteiger charge is 2.01. The smallest absolute Gasteiger partial charge is 0.137 e. The van der Waals surface area contributed by atoms with Crippen LogP contribution in [0, 0.1) is 6.92 Å². The van der Waals surface area contributed by atoms with E-state index in [9.17, 15) is 0 Å². The number of benzene rings is 1. The molecule has 17 heavy (non-hydrogen) atoms.